The van der Waals surface area contributed by atoms with Crippen LogP contribution in [0, 0.1) is 13.8 Å². The lowest BCUT2D eigenvalue weighted by Gasteiger charge is -2.16. The number of hydrogen-bond acceptors (Lipinski definition) is 2. The molecule has 2 aromatic rings. The van der Waals surface area contributed by atoms with Gasteiger partial charge in [-0.25, -0.2) is 0 Å². The fourth-order valence-electron chi connectivity index (χ4n) is 1.79. The van der Waals surface area contributed by atoms with Crippen LogP contribution < -0.4 is 5.73 Å². The largest absolute Gasteiger partial charge is 0.328 e. The van der Waals surface area contributed by atoms with Crippen LogP contribution in [0.3, 0.4) is 0 Å². The number of nitrogens with zero attached hydrogens (tertiary/aromatic N) is 2. The van der Waals surface area contributed by atoms with Crippen molar-refractivity contribution in [3.63, 3.8) is 0 Å². The van der Waals surface area contributed by atoms with Gasteiger partial charge in [0.1, 0.15) is 0 Å². The van der Waals surface area contributed by atoms with Gasteiger partial charge in [0, 0.05) is 12.7 Å². The topological polar surface area (TPSA) is 43.8 Å². The summed E-state index contributed by atoms with van der Waals surface area (Å²) in [5.41, 5.74) is 9.45. The molecule has 0 aliphatic carbocycles. The molecular weight excluding hydrogens is 198 g/mol. The maximum absolute atomic E-state index is 5.82. The van der Waals surface area contributed by atoms with Crippen molar-refractivity contribution in [1.29, 1.82) is 0 Å². The Balaban J connectivity index is 2.32. The number of aryl methyl sites for hydroxylation is 2. The predicted octanol–water partition coefficient (Wildman–Crippen LogP) is 2.05. The Morgan fingerprint density at radius 2 is 1.88 bits per heavy atom. The molecule has 3 nitrogen and oxygen atoms in total. The number of rotatable bonds is 3. The minimum Gasteiger partial charge on any atom is -0.328 e. The van der Waals surface area contributed by atoms with Crippen molar-refractivity contribution < 1.29 is 0 Å². The third-order valence-corrected chi connectivity index (χ3v) is 2.74. The summed E-state index contributed by atoms with van der Waals surface area (Å²) in [5, 5.41) is 4.32. The Morgan fingerprint density at radius 1 is 1.19 bits per heavy atom. The second-order valence-corrected chi connectivity index (χ2v) is 4.16. The first-order valence-electron chi connectivity index (χ1n) is 5.48. The molecule has 0 bridgehead atoms. The highest BCUT2D eigenvalue weighted by Crippen LogP contribution is 2.17. The normalized spacial score (nSPS) is 12.7. The third kappa shape index (κ3) is 2.14. The van der Waals surface area contributed by atoms with Crippen LogP contribution in [-0.2, 0) is 0 Å². The van der Waals surface area contributed by atoms with Gasteiger partial charge in [0.05, 0.1) is 12.2 Å². The fourth-order valence-corrected chi connectivity index (χ4v) is 1.79. The van der Waals surface area contributed by atoms with E-state index in [9.17, 15) is 0 Å². The van der Waals surface area contributed by atoms with Gasteiger partial charge in [0.15, 0.2) is 0 Å². The van der Waals surface area contributed by atoms with Gasteiger partial charge in [-0.1, -0.05) is 29.8 Å². The monoisotopic (exact) mass is 215 g/mol. The van der Waals surface area contributed by atoms with E-state index in [2.05, 4.69) is 36.3 Å². The molecule has 0 radical (unpaired) electrons. The smallest absolute Gasteiger partial charge is 0.0890 e. The second-order valence-electron chi connectivity index (χ2n) is 4.16. The Hall–Kier alpha value is -1.61. The van der Waals surface area contributed by atoms with Gasteiger partial charge >= 0.3 is 0 Å². The maximum Gasteiger partial charge on any atom is 0.0890 e. The van der Waals surface area contributed by atoms with Gasteiger partial charge < -0.3 is 5.73 Å². The zero-order valence-corrected chi connectivity index (χ0v) is 9.72. The van der Waals surface area contributed by atoms with Crippen LogP contribution in [0.4, 0.5) is 0 Å². The molecule has 0 amide bonds. The van der Waals surface area contributed by atoms with Crippen molar-refractivity contribution in [1.82, 2.24) is 9.78 Å². The van der Waals surface area contributed by atoms with Gasteiger partial charge in [-0.3, -0.25) is 4.68 Å². The van der Waals surface area contributed by atoms with Crippen LogP contribution >= 0.6 is 0 Å². The predicted molar refractivity (Wildman–Crippen MR) is 65.3 cm³/mol. The van der Waals surface area contributed by atoms with Crippen LogP contribution in [0.1, 0.15) is 22.7 Å². The van der Waals surface area contributed by atoms with E-state index >= 15 is 0 Å². The summed E-state index contributed by atoms with van der Waals surface area (Å²) >= 11 is 0. The number of aromatic nitrogens is 2. The third-order valence-electron chi connectivity index (χ3n) is 2.74. The van der Waals surface area contributed by atoms with Gasteiger partial charge in [-0.05, 0) is 25.0 Å². The Bertz CT molecular complexity index is 456. The molecule has 2 N–H and O–H groups in total. The summed E-state index contributed by atoms with van der Waals surface area (Å²) < 4.78 is 1.93. The molecule has 1 unspecified atom stereocenters. The summed E-state index contributed by atoms with van der Waals surface area (Å²) in [6.45, 7) is 4.68. The Kier molecular flexibility index (Phi) is 3.06. The van der Waals surface area contributed by atoms with E-state index in [0.29, 0.717) is 6.54 Å². The van der Waals surface area contributed by atoms with E-state index in [0.717, 1.165) is 5.56 Å². The number of benzene rings is 1. The maximum atomic E-state index is 5.82. The van der Waals surface area contributed by atoms with E-state index in [1.165, 1.54) is 11.1 Å². The number of nitrogens with two attached hydrogens (primary N) is 1. The van der Waals surface area contributed by atoms with Crippen LogP contribution in [0.2, 0.25) is 0 Å². The van der Waals surface area contributed by atoms with Crippen LogP contribution in [0.25, 0.3) is 0 Å². The fraction of sp³-hybridized carbons (Fsp3) is 0.308. The van der Waals surface area contributed by atoms with Crippen LogP contribution in [0.5, 0.6) is 0 Å². The minimum absolute atomic E-state index is 0.134. The van der Waals surface area contributed by atoms with Gasteiger partial charge in [-0.2, -0.15) is 5.10 Å². The van der Waals surface area contributed by atoms with E-state index in [4.69, 9.17) is 5.73 Å². The molecule has 1 heterocycles. The van der Waals surface area contributed by atoms with Crippen molar-refractivity contribution in [2.75, 3.05) is 6.54 Å². The molecule has 84 valence electrons. The van der Waals surface area contributed by atoms with E-state index < -0.39 is 0 Å². The highest BCUT2D eigenvalue weighted by molar-refractivity contribution is 5.25. The minimum atomic E-state index is 0.134. The molecule has 0 aliphatic rings. The Morgan fingerprint density at radius 3 is 2.38 bits per heavy atom. The molecule has 0 fully saturated rings. The van der Waals surface area contributed by atoms with Crippen LogP contribution in [-0.4, -0.2) is 16.3 Å². The molecule has 16 heavy (non-hydrogen) atoms. The molecule has 0 saturated carbocycles. The van der Waals surface area contributed by atoms with Crippen molar-refractivity contribution in [3.05, 3.63) is 53.3 Å². The number of hydrogen-bond donors (Lipinski definition) is 1. The molecule has 0 aliphatic heterocycles. The molecule has 1 aromatic carbocycles. The first-order chi connectivity index (χ1) is 7.70. The van der Waals surface area contributed by atoms with Crippen molar-refractivity contribution in [2.45, 2.75) is 19.9 Å². The first-order valence-corrected chi connectivity index (χ1v) is 5.48. The van der Waals surface area contributed by atoms with E-state index in [1.54, 1.807) is 0 Å². The van der Waals surface area contributed by atoms with Crippen molar-refractivity contribution >= 4 is 0 Å². The quantitative estimate of drug-likeness (QED) is 0.851. The summed E-state index contributed by atoms with van der Waals surface area (Å²) in [6, 6.07) is 8.57. The summed E-state index contributed by atoms with van der Waals surface area (Å²) in [6.07, 6.45) is 3.88. The highest BCUT2D eigenvalue weighted by atomic mass is 15.3. The lowest BCUT2D eigenvalue weighted by molar-refractivity contribution is 0.531. The van der Waals surface area contributed by atoms with Gasteiger partial charge in [-0.15, -0.1) is 0 Å². The molecule has 3 heteroatoms. The second kappa shape index (κ2) is 4.49. The summed E-state index contributed by atoms with van der Waals surface area (Å²) in [7, 11) is 0. The van der Waals surface area contributed by atoms with E-state index in [1.807, 2.05) is 24.0 Å². The SMILES string of the molecule is Cc1ccc(C(CN)n2cc(C)cn2)cc1. The van der Waals surface area contributed by atoms with Crippen molar-refractivity contribution in [3.8, 4) is 0 Å². The Labute approximate surface area is 95.9 Å². The van der Waals surface area contributed by atoms with Gasteiger partial charge in [0.25, 0.3) is 0 Å². The lowest BCUT2D eigenvalue weighted by atomic mass is 10.1. The average molecular weight is 215 g/mol. The molecule has 0 spiro atoms. The first kappa shape index (κ1) is 10.9. The molecular formula is C13H17N3. The van der Waals surface area contributed by atoms with Crippen LogP contribution in [0.15, 0.2) is 36.7 Å². The van der Waals surface area contributed by atoms with Crippen molar-refractivity contribution in [2.24, 2.45) is 5.73 Å². The lowest BCUT2D eigenvalue weighted by Crippen LogP contribution is -2.20. The average Bonchev–Trinajstić information content (AvgIpc) is 2.69. The molecule has 1 aromatic heterocycles. The zero-order valence-electron chi connectivity index (χ0n) is 9.72. The molecule has 0 saturated heterocycles. The van der Waals surface area contributed by atoms with E-state index in [-0.39, 0.29) is 6.04 Å². The van der Waals surface area contributed by atoms with Gasteiger partial charge in [0.2, 0.25) is 0 Å². The highest BCUT2D eigenvalue weighted by Gasteiger charge is 2.11. The zero-order chi connectivity index (χ0) is 11.5. The summed E-state index contributed by atoms with van der Waals surface area (Å²) in [4.78, 5) is 0. The molecule has 1 atom stereocenters. The standard InChI is InChI=1S/C13H17N3/c1-10-3-5-12(6-4-10)13(7-14)16-9-11(2)8-15-16/h3-6,8-9,13H,7,14H2,1-2H3. The molecule has 2 rings (SSSR count). The summed E-state index contributed by atoms with van der Waals surface area (Å²) in [5.74, 6) is 0.